The van der Waals surface area contributed by atoms with Crippen molar-refractivity contribution >= 4 is 28.7 Å². The number of aromatic amines is 1. The molecule has 1 fully saturated rings. The Bertz CT molecular complexity index is 624. The van der Waals surface area contributed by atoms with Crippen LogP contribution in [0.4, 0.5) is 0 Å². The summed E-state index contributed by atoms with van der Waals surface area (Å²) in [6.07, 6.45) is -2.14. The van der Waals surface area contributed by atoms with Gasteiger partial charge in [0.1, 0.15) is 18.3 Å². The summed E-state index contributed by atoms with van der Waals surface area (Å²) in [4.78, 5) is 25.4. The highest BCUT2D eigenvalue weighted by Crippen LogP contribution is 2.27. The molecular weight excluding hydrogens is 383 g/mol. The Morgan fingerprint density at radius 1 is 1.40 bits per heavy atom. The normalized spacial score (nSPS) is 30.2. The number of nitrogens with one attached hydrogen (secondary N) is 1. The SMILES string of the molecule is O=c1[nH]c(=O)n([C@H]2O[C@H](CO)[C@@H](O)[C@@H]2O)cc1/C=C/I. The first-order chi connectivity index (χ1) is 9.49. The highest BCUT2D eigenvalue weighted by Gasteiger charge is 2.43. The van der Waals surface area contributed by atoms with Gasteiger partial charge in [-0.1, -0.05) is 22.6 Å². The average molecular weight is 396 g/mol. The zero-order valence-corrected chi connectivity index (χ0v) is 12.3. The van der Waals surface area contributed by atoms with Gasteiger partial charge in [0.05, 0.1) is 12.2 Å². The van der Waals surface area contributed by atoms with Crippen LogP contribution in [-0.2, 0) is 4.74 Å². The Morgan fingerprint density at radius 2 is 2.10 bits per heavy atom. The van der Waals surface area contributed by atoms with Crippen molar-refractivity contribution in [3.8, 4) is 0 Å². The predicted molar refractivity (Wildman–Crippen MR) is 77.4 cm³/mol. The van der Waals surface area contributed by atoms with Crippen LogP contribution in [0.5, 0.6) is 0 Å². The molecule has 0 spiro atoms. The number of aliphatic hydroxyl groups excluding tert-OH is 3. The molecule has 110 valence electrons. The van der Waals surface area contributed by atoms with E-state index in [2.05, 4.69) is 4.98 Å². The summed E-state index contributed by atoms with van der Waals surface area (Å²) in [6.45, 7) is -0.493. The van der Waals surface area contributed by atoms with Crippen molar-refractivity contribution in [2.45, 2.75) is 24.5 Å². The first kappa shape index (κ1) is 15.4. The molecule has 9 heteroatoms. The van der Waals surface area contributed by atoms with Gasteiger partial charge in [-0.15, -0.1) is 0 Å². The van der Waals surface area contributed by atoms with Crippen molar-refractivity contribution < 1.29 is 20.1 Å². The van der Waals surface area contributed by atoms with Crippen molar-refractivity contribution in [2.24, 2.45) is 0 Å². The molecule has 1 aromatic heterocycles. The Hall–Kier alpha value is -1.01. The van der Waals surface area contributed by atoms with E-state index < -0.39 is 42.4 Å². The summed E-state index contributed by atoms with van der Waals surface area (Å²) in [6, 6.07) is 0. The quantitative estimate of drug-likeness (QED) is 0.464. The van der Waals surface area contributed by atoms with Gasteiger partial charge in [-0.2, -0.15) is 0 Å². The maximum Gasteiger partial charge on any atom is 0.330 e. The summed E-state index contributed by atoms with van der Waals surface area (Å²) in [5.41, 5.74) is -1.13. The first-order valence-electron chi connectivity index (χ1n) is 5.74. The zero-order valence-electron chi connectivity index (χ0n) is 10.1. The lowest BCUT2D eigenvalue weighted by Gasteiger charge is -2.17. The molecule has 1 aliphatic heterocycles. The van der Waals surface area contributed by atoms with E-state index >= 15 is 0 Å². The molecule has 0 saturated carbocycles. The lowest BCUT2D eigenvalue weighted by atomic mass is 10.1. The number of aromatic nitrogens is 2. The fourth-order valence-corrected chi connectivity index (χ4v) is 2.37. The van der Waals surface area contributed by atoms with Gasteiger partial charge in [0.25, 0.3) is 5.56 Å². The van der Waals surface area contributed by atoms with E-state index in [1.165, 1.54) is 12.3 Å². The Morgan fingerprint density at radius 3 is 2.65 bits per heavy atom. The van der Waals surface area contributed by atoms with E-state index in [4.69, 9.17) is 9.84 Å². The van der Waals surface area contributed by atoms with Gasteiger partial charge in [0, 0.05) is 6.20 Å². The van der Waals surface area contributed by atoms with Gasteiger partial charge in [0.2, 0.25) is 0 Å². The van der Waals surface area contributed by atoms with Crippen molar-refractivity contribution in [2.75, 3.05) is 6.61 Å². The van der Waals surface area contributed by atoms with Crippen LogP contribution < -0.4 is 11.2 Å². The molecule has 0 aromatic carbocycles. The van der Waals surface area contributed by atoms with Crippen LogP contribution >= 0.6 is 22.6 Å². The van der Waals surface area contributed by atoms with Crippen molar-refractivity contribution in [1.82, 2.24) is 9.55 Å². The van der Waals surface area contributed by atoms with E-state index in [-0.39, 0.29) is 5.56 Å². The number of rotatable bonds is 3. The minimum atomic E-state index is -1.38. The number of hydrogen-bond acceptors (Lipinski definition) is 6. The minimum Gasteiger partial charge on any atom is -0.394 e. The number of hydrogen-bond donors (Lipinski definition) is 4. The smallest absolute Gasteiger partial charge is 0.330 e. The maximum atomic E-state index is 11.8. The second kappa shape index (κ2) is 6.18. The molecule has 0 radical (unpaired) electrons. The van der Waals surface area contributed by atoms with Crippen LogP contribution in [-0.4, -0.2) is 49.8 Å². The van der Waals surface area contributed by atoms with Crippen LogP contribution in [0.3, 0.4) is 0 Å². The van der Waals surface area contributed by atoms with Crippen molar-refractivity contribution in [3.63, 3.8) is 0 Å². The van der Waals surface area contributed by atoms with Crippen LogP contribution in [0, 0.1) is 0 Å². The summed E-state index contributed by atoms with van der Waals surface area (Å²) in [5, 5.41) is 28.6. The highest BCUT2D eigenvalue weighted by atomic mass is 127. The van der Waals surface area contributed by atoms with Crippen LogP contribution in [0.2, 0.25) is 0 Å². The van der Waals surface area contributed by atoms with E-state index in [0.717, 1.165) is 4.57 Å². The van der Waals surface area contributed by atoms with Gasteiger partial charge in [0.15, 0.2) is 6.23 Å². The van der Waals surface area contributed by atoms with Gasteiger partial charge < -0.3 is 20.1 Å². The van der Waals surface area contributed by atoms with E-state index in [1.807, 2.05) is 22.6 Å². The molecule has 2 rings (SSSR count). The molecule has 0 bridgehead atoms. The first-order valence-corrected chi connectivity index (χ1v) is 6.99. The van der Waals surface area contributed by atoms with E-state index in [0.29, 0.717) is 0 Å². The van der Waals surface area contributed by atoms with E-state index in [9.17, 15) is 19.8 Å². The minimum absolute atomic E-state index is 0.205. The molecule has 1 saturated heterocycles. The van der Waals surface area contributed by atoms with Crippen LogP contribution in [0.1, 0.15) is 11.8 Å². The molecule has 0 aliphatic carbocycles. The van der Waals surface area contributed by atoms with Gasteiger partial charge in [-0.05, 0) is 10.2 Å². The summed E-state index contributed by atoms with van der Waals surface area (Å²) < 4.78 is 7.81. The topological polar surface area (TPSA) is 125 Å². The molecule has 1 aromatic rings. The van der Waals surface area contributed by atoms with Gasteiger partial charge in [-0.3, -0.25) is 14.3 Å². The Labute approximate surface area is 126 Å². The van der Waals surface area contributed by atoms with Crippen LogP contribution in [0.15, 0.2) is 19.9 Å². The molecular formula is C11H13IN2O6. The molecule has 0 amide bonds. The van der Waals surface area contributed by atoms with Crippen LogP contribution in [0.25, 0.3) is 6.08 Å². The van der Waals surface area contributed by atoms with E-state index in [1.54, 1.807) is 4.08 Å². The van der Waals surface area contributed by atoms with Crippen molar-refractivity contribution in [1.29, 1.82) is 0 Å². The second-order valence-corrected chi connectivity index (χ2v) is 4.99. The van der Waals surface area contributed by atoms with Crippen molar-refractivity contribution in [3.05, 3.63) is 36.7 Å². The zero-order chi connectivity index (χ0) is 14.9. The summed E-state index contributed by atoms with van der Waals surface area (Å²) >= 11 is 1.92. The number of ether oxygens (including phenoxy) is 1. The Balaban J connectivity index is 2.46. The lowest BCUT2D eigenvalue weighted by Crippen LogP contribution is -2.38. The largest absolute Gasteiger partial charge is 0.394 e. The number of halogens is 1. The third-order valence-electron chi connectivity index (χ3n) is 3.03. The molecule has 0 unspecified atom stereocenters. The average Bonchev–Trinajstić information content (AvgIpc) is 2.70. The molecule has 20 heavy (non-hydrogen) atoms. The summed E-state index contributed by atoms with van der Waals surface area (Å²) in [5.74, 6) is 0. The fraction of sp³-hybridized carbons (Fsp3) is 0.455. The Kier molecular flexibility index (Phi) is 4.75. The van der Waals surface area contributed by atoms with Gasteiger partial charge in [-0.25, -0.2) is 4.79 Å². The second-order valence-electron chi connectivity index (χ2n) is 4.27. The third-order valence-corrected chi connectivity index (χ3v) is 3.39. The highest BCUT2D eigenvalue weighted by molar-refractivity contribution is 14.1. The number of nitrogens with zero attached hydrogens (tertiary/aromatic N) is 1. The fourth-order valence-electron chi connectivity index (χ4n) is 1.99. The molecule has 8 nitrogen and oxygen atoms in total. The third kappa shape index (κ3) is 2.72. The molecule has 1 aliphatic rings. The van der Waals surface area contributed by atoms with Gasteiger partial charge >= 0.3 is 5.69 Å². The number of H-pyrrole nitrogens is 1. The lowest BCUT2D eigenvalue weighted by molar-refractivity contribution is -0.0550. The predicted octanol–water partition coefficient (Wildman–Crippen LogP) is -1.45. The maximum absolute atomic E-state index is 11.8. The molecule has 4 N–H and O–H groups in total. The molecule has 4 atom stereocenters. The monoisotopic (exact) mass is 396 g/mol. The molecule has 2 heterocycles. The summed E-state index contributed by atoms with van der Waals surface area (Å²) in [7, 11) is 0. The standard InChI is InChI=1S/C11H13IN2O6/c12-2-1-5-3-14(11(19)13-9(5)18)10-8(17)7(16)6(4-15)20-10/h1-3,6-8,10,15-17H,4H2,(H,13,18,19)/b2-1+/t6-,7-,8+,10+/m1/s1. The number of aliphatic hydroxyl groups is 3.